The van der Waals surface area contributed by atoms with Gasteiger partial charge < -0.3 is 9.64 Å². The zero-order valence-corrected chi connectivity index (χ0v) is 15.3. The second-order valence-corrected chi connectivity index (χ2v) is 7.38. The fraction of sp³-hybridized carbons (Fsp3) is 0.263. The number of ether oxygens (including phenoxy) is 1. The quantitative estimate of drug-likeness (QED) is 0.572. The lowest BCUT2D eigenvalue weighted by atomic mass is 10.2. The molecule has 0 spiro atoms. The SMILES string of the molecule is O=C(S[C@H]1CCN(C(=O)OCc2ccc([N+](=O)[O-])cc2)C1)c1ccccc1. The third-order valence-corrected chi connectivity index (χ3v) is 5.36. The molecule has 2 aromatic carbocycles. The molecule has 0 N–H and O–H groups in total. The van der Waals surface area contributed by atoms with Crippen LogP contribution in [0.1, 0.15) is 22.3 Å². The summed E-state index contributed by atoms with van der Waals surface area (Å²) in [4.78, 5) is 36.2. The van der Waals surface area contributed by atoms with Crippen LogP contribution < -0.4 is 0 Å². The van der Waals surface area contributed by atoms with Crippen LogP contribution in [0.5, 0.6) is 0 Å². The molecule has 140 valence electrons. The first-order valence-electron chi connectivity index (χ1n) is 8.44. The summed E-state index contributed by atoms with van der Waals surface area (Å²) in [6.07, 6.45) is 0.291. The monoisotopic (exact) mass is 386 g/mol. The van der Waals surface area contributed by atoms with Crippen molar-refractivity contribution in [1.29, 1.82) is 0 Å². The summed E-state index contributed by atoms with van der Waals surface area (Å²) < 4.78 is 5.27. The van der Waals surface area contributed by atoms with E-state index in [2.05, 4.69) is 0 Å². The average Bonchev–Trinajstić information content (AvgIpc) is 3.15. The van der Waals surface area contributed by atoms with Crippen LogP contribution in [0.3, 0.4) is 0 Å². The maximum absolute atomic E-state index is 12.2. The Morgan fingerprint density at radius 3 is 2.52 bits per heavy atom. The molecular weight excluding hydrogens is 368 g/mol. The lowest BCUT2D eigenvalue weighted by Gasteiger charge is -2.16. The topological polar surface area (TPSA) is 89.8 Å². The predicted octanol–water partition coefficient (Wildman–Crippen LogP) is 3.88. The van der Waals surface area contributed by atoms with Crippen molar-refractivity contribution >= 4 is 28.7 Å². The normalized spacial score (nSPS) is 16.1. The van der Waals surface area contributed by atoms with E-state index in [1.807, 2.05) is 18.2 Å². The zero-order chi connectivity index (χ0) is 19.2. The van der Waals surface area contributed by atoms with Gasteiger partial charge in [-0.3, -0.25) is 14.9 Å². The summed E-state index contributed by atoms with van der Waals surface area (Å²) >= 11 is 1.25. The van der Waals surface area contributed by atoms with Gasteiger partial charge in [0.2, 0.25) is 5.12 Å². The van der Waals surface area contributed by atoms with E-state index in [1.54, 1.807) is 29.2 Å². The number of nitrogens with zero attached hydrogens (tertiary/aromatic N) is 2. The number of non-ortho nitro benzene ring substituents is 1. The van der Waals surface area contributed by atoms with Gasteiger partial charge in [-0.1, -0.05) is 42.1 Å². The molecule has 0 bridgehead atoms. The summed E-state index contributed by atoms with van der Waals surface area (Å²) in [7, 11) is 0. The molecule has 1 amide bonds. The molecule has 0 radical (unpaired) electrons. The Bertz CT molecular complexity index is 826. The van der Waals surface area contributed by atoms with Gasteiger partial charge in [-0.25, -0.2) is 4.79 Å². The van der Waals surface area contributed by atoms with E-state index < -0.39 is 11.0 Å². The number of carbonyl (C=O) groups is 2. The first-order chi connectivity index (χ1) is 13.0. The molecule has 0 saturated carbocycles. The molecule has 1 heterocycles. The molecular formula is C19H18N2O5S. The average molecular weight is 386 g/mol. The first kappa shape index (κ1) is 18.9. The number of carbonyl (C=O) groups excluding carboxylic acids is 2. The molecule has 0 aromatic heterocycles. The van der Waals surface area contributed by atoms with Crippen LogP contribution >= 0.6 is 11.8 Å². The van der Waals surface area contributed by atoms with E-state index in [-0.39, 0.29) is 22.7 Å². The molecule has 7 nitrogen and oxygen atoms in total. The minimum absolute atomic E-state index is 0.00157. The highest BCUT2D eigenvalue weighted by atomic mass is 32.2. The Kier molecular flexibility index (Phi) is 6.08. The summed E-state index contributed by atoms with van der Waals surface area (Å²) in [6, 6.07) is 14.9. The molecule has 1 saturated heterocycles. The molecule has 0 aliphatic carbocycles. The van der Waals surface area contributed by atoms with E-state index in [4.69, 9.17) is 4.74 Å². The van der Waals surface area contributed by atoms with Gasteiger partial charge in [0.25, 0.3) is 5.69 Å². The van der Waals surface area contributed by atoms with Gasteiger partial charge in [0, 0.05) is 36.0 Å². The second-order valence-electron chi connectivity index (χ2n) is 6.11. The van der Waals surface area contributed by atoms with Crippen molar-refractivity contribution in [2.24, 2.45) is 0 Å². The second kappa shape index (κ2) is 8.68. The van der Waals surface area contributed by atoms with Crippen LogP contribution in [0.15, 0.2) is 54.6 Å². The minimum atomic E-state index is -0.478. The maximum Gasteiger partial charge on any atom is 0.410 e. The molecule has 1 aliphatic heterocycles. The Labute approximate surface area is 160 Å². The van der Waals surface area contributed by atoms with Gasteiger partial charge in [-0.2, -0.15) is 0 Å². The Balaban J connectivity index is 1.46. The van der Waals surface area contributed by atoms with Gasteiger partial charge in [0.05, 0.1) is 4.92 Å². The van der Waals surface area contributed by atoms with Crippen LogP contribution in [0, 0.1) is 10.1 Å². The minimum Gasteiger partial charge on any atom is -0.445 e. The van der Waals surface area contributed by atoms with Crippen molar-refractivity contribution in [2.75, 3.05) is 13.1 Å². The molecule has 3 rings (SSSR count). The van der Waals surface area contributed by atoms with Gasteiger partial charge in [0.1, 0.15) is 6.61 Å². The van der Waals surface area contributed by atoms with Gasteiger partial charge in [-0.05, 0) is 24.1 Å². The number of likely N-dealkylation sites (tertiary alicyclic amines) is 1. The number of thioether (sulfide) groups is 1. The summed E-state index contributed by atoms with van der Waals surface area (Å²) in [5, 5.41) is 10.7. The van der Waals surface area contributed by atoms with Crippen molar-refractivity contribution in [1.82, 2.24) is 4.90 Å². The Hall–Kier alpha value is -2.87. The van der Waals surface area contributed by atoms with Crippen LogP contribution in [0.25, 0.3) is 0 Å². The molecule has 0 unspecified atom stereocenters. The van der Waals surface area contributed by atoms with E-state index in [0.717, 1.165) is 6.42 Å². The molecule has 27 heavy (non-hydrogen) atoms. The van der Waals surface area contributed by atoms with Crippen LogP contribution in [0.2, 0.25) is 0 Å². The summed E-state index contributed by atoms with van der Waals surface area (Å²) in [5.74, 6) is 0. The van der Waals surface area contributed by atoms with Gasteiger partial charge >= 0.3 is 6.09 Å². The van der Waals surface area contributed by atoms with Crippen LogP contribution in [0.4, 0.5) is 10.5 Å². The lowest BCUT2D eigenvalue weighted by Crippen LogP contribution is -2.29. The number of nitro benzene ring substituents is 1. The molecule has 2 aromatic rings. The number of benzene rings is 2. The van der Waals surface area contributed by atoms with Gasteiger partial charge in [0.15, 0.2) is 0 Å². The maximum atomic E-state index is 12.2. The number of nitro groups is 1. The highest BCUT2D eigenvalue weighted by molar-refractivity contribution is 8.14. The van der Waals surface area contributed by atoms with Crippen molar-refractivity contribution in [2.45, 2.75) is 18.3 Å². The third kappa shape index (κ3) is 5.07. The first-order valence-corrected chi connectivity index (χ1v) is 9.32. The molecule has 1 fully saturated rings. The van der Waals surface area contributed by atoms with E-state index in [1.165, 1.54) is 23.9 Å². The van der Waals surface area contributed by atoms with E-state index >= 15 is 0 Å². The predicted molar refractivity (Wildman–Crippen MR) is 102 cm³/mol. The largest absolute Gasteiger partial charge is 0.445 e. The van der Waals surface area contributed by atoms with Crippen molar-refractivity contribution in [3.63, 3.8) is 0 Å². The van der Waals surface area contributed by atoms with Crippen LogP contribution in [-0.2, 0) is 11.3 Å². The number of amides is 1. The fourth-order valence-corrected chi connectivity index (χ4v) is 3.79. The fourth-order valence-electron chi connectivity index (χ4n) is 2.73. The van der Waals surface area contributed by atoms with Crippen molar-refractivity contribution < 1.29 is 19.2 Å². The highest BCUT2D eigenvalue weighted by Crippen LogP contribution is 2.26. The molecule has 1 aliphatic rings. The number of hydrogen-bond donors (Lipinski definition) is 0. The summed E-state index contributed by atoms with van der Waals surface area (Å²) in [6.45, 7) is 1.05. The molecule has 8 heteroatoms. The van der Waals surface area contributed by atoms with E-state index in [0.29, 0.717) is 24.2 Å². The number of hydrogen-bond acceptors (Lipinski definition) is 6. The van der Waals surface area contributed by atoms with Crippen LogP contribution in [-0.4, -0.2) is 39.4 Å². The van der Waals surface area contributed by atoms with Gasteiger partial charge in [-0.15, -0.1) is 0 Å². The third-order valence-electron chi connectivity index (χ3n) is 4.20. The van der Waals surface area contributed by atoms with Crippen molar-refractivity contribution in [3.8, 4) is 0 Å². The van der Waals surface area contributed by atoms with Crippen molar-refractivity contribution in [3.05, 3.63) is 75.8 Å². The van der Waals surface area contributed by atoms with E-state index in [9.17, 15) is 19.7 Å². The highest BCUT2D eigenvalue weighted by Gasteiger charge is 2.29. The Morgan fingerprint density at radius 1 is 1.15 bits per heavy atom. The standard InChI is InChI=1S/C19H18N2O5S/c22-18(15-4-2-1-3-5-15)27-17-10-11-20(12-17)19(23)26-13-14-6-8-16(9-7-14)21(24)25/h1-9,17H,10-13H2/t17-/m0/s1. The Morgan fingerprint density at radius 2 is 1.85 bits per heavy atom. The summed E-state index contributed by atoms with van der Waals surface area (Å²) in [5.41, 5.74) is 1.33. The lowest BCUT2D eigenvalue weighted by molar-refractivity contribution is -0.384. The smallest absolute Gasteiger partial charge is 0.410 e. The molecule has 1 atom stereocenters. The number of rotatable bonds is 5. The zero-order valence-electron chi connectivity index (χ0n) is 14.4.